The number of hydrogen-bond acceptors (Lipinski definition) is 2. The van der Waals surface area contributed by atoms with Gasteiger partial charge in [-0.15, -0.1) is 0 Å². The number of hydrogen-bond donors (Lipinski definition) is 0. The molecule has 0 aromatic carbocycles. The summed E-state index contributed by atoms with van der Waals surface area (Å²) in [7, 11) is 0. The molecule has 0 spiro atoms. The second kappa shape index (κ2) is 3.49. The molecule has 10 heteroatoms. The van der Waals surface area contributed by atoms with E-state index < -0.39 is 30.2 Å². The van der Waals surface area contributed by atoms with Crippen molar-refractivity contribution in [3.8, 4) is 0 Å². The first kappa shape index (κ1) is 13.9. The summed E-state index contributed by atoms with van der Waals surface area (Å²) in [5, 5.41) is 9.42. The lowest BCUT2D eigenvalue weighted by molar-refractivity contribution is -0.379. The van der Waals surface area contributed by atoms with Gasteiger partial charge in [-0.1, -0.05) is 0 Å². The smallest absolute Gasteiger partial charge is 0.383 e. The van der Waals surface area contributed by atoms with Crippen LogP contribution in [0.3, 0.4) is 0 Å². The van der Waals surface area contributed by atoms with Gasteiger partial charge in [-0.25, -0.2) is 8.78 Å². The third kappa shape index (κ3) is 1.84. The number of carboxylic acid groups (broad SMARTS) is 1. The van der Waals surface area contributed by atoms with Gasteiger partial charge in [0.25, 0.3) is 0 Å². The summed E-state index contributed by atoms with van der Waals surface area (Å²) >= 11 is 0. The first-order chi connectivity index (χ1) is 6.39. The average molecular weight is 245 g/mol. The van der Waals surface area contributed by atoms with Crippen LogP contribution in [-0.4, -0.2) is 30.2 Å². The van der Waals surface area contributed by atoms with E-state index in [1.165, 1.54) is 0 Å². The van der Waals surface area contributed by atoms with Crippen molar-refractivity contribution < 1.29 is 45.0 Å². The van der Waals surface area contributed by atoms with Crippen molar-refractivity contribution in [1.29, 1.82) is 0 Å². The largest absolute Gasteiger partial charge is 0.544 e. The molecule has 0 aromatic heterocycles. The van der Waals surface area contributed by atoms with Crippen LogP contribution in [-0.2, 0) is 4.79 Å². The summed E-state index contributed by atoms with van der Waals surface area (Å²) in [4.78, 5) is 9.42. The van der Waals surface area contributed by atoms with Gasteiger partial charge in [-0.3, -0.25) is 0 Å². The van der Waals surface area contributed by atoms with Crippen molar-refractivity contribution in [1.82, 2.24) is 0 Å². The number of halogens is 8. The first-order valence-corrected chi connectivity index (χ1v) is 3.02. The molecule has 0 bridgehead atoms. The van der Waals surface area contributed by atoms with Crippen molar-refractivity contribution >= 4 is 5.97 Å². The second-order valence-corrected chi connectivity index (χ2v) is 2.36. The highest BCUT2D eigenvalue weighted by Crippen LogP contribution is 2.48. The minimum atomic E-state index is -6.74. The molecule has 0 unspecified atom stereocenters. The molecule has 0 aliphatic heterocycles. The van der Waals surface area contributed by atoms with Gasteiger partial charge >= 0.3 is 24.2 Å². The molecular weight excluding hydrogens is 244 g/mol. The molecule has 90 valence electrons. The van der Waals surface area contributed by atoms with E-state index in [-0.39, 0.29) is 0 Å². The lowest BCUT2D eigenvalue weighted by Crippen LogP contribution is -2.63. The van der Waals surface area contributed by atoms with Crippen LogP contribution < -0.4 is 5.11 Å². The SMILES string of the molecule is O=C([O-])C(F)(F)C(F)(F)C(F)(F)C(F)F. The lowest BCUT2D eigenvalue weighted by Gasteiger charge is -2.32. The molecule has 15 heavy (non-hydrogen) atoms. The van der Waals surface area contributed by atoms with Crippen molar-refractivity contribution in [3.63, 3.8) is 0 Å². The Balaban J connectivity index is 5.40. The molecule has 0 atom stereocenters. The van der Waals surface area contributed by atoms with Gasteiger partial charge in [0.2, 0.25) is 0 Å². The van der Waals surface area contributed by atoms with Gasteiger partial charge in [-0.05, 0) is 0 Å². The Morgan fingerprint density at radius 1 is 1.00 bits per heavy atom. The number of alkyl halides is 8. The fourth-order valence-electron chi connectivity index (χ4n) is 0.475. The Kier molecular flexibility index (Phi) is 3.24. The molecule has 0 saturated heterocycles. The van der Waals surface area contributed by atoms with Crippen LogP contribution in [0, 0.1) is 0 Å². The van der Waals surface area contributed by atoms with Gasteiger partial charge in [0.05, 0.1) is 0 Å². The maximum atomic E-state index is 12.1. The Morgan fingerprint density at radius 3 is 1.53 bits per heavy atom. The van der Waals surface area contributed by atoms with Crippen LogP contribution in [0.4, 0.5) is 35.1 Å². The van der Waals surface area contributed by atoms with E-state index in [1.807, 2.05) is 0 Å². The van der Waals surface area contributed by atoms with Crippen molar-refractivity contribution in [2.75, 3.05) is 0 Å². The number of carbonyl (C=O) groups excluding carboxylic acids is 1. The zero-order valence-corrected chi connectivity index (χ0v) is 6.42. The van der Waals surface area contributed by atoms with E-state index in [9.17, 15) is 45.0 Å². The molecule has 0 N–H and O–H groups in total. The monoisotopic (exact) mass is 245 g/mol. The molecule has 0 aliphatic carbocycles. The number of aliphatic carboxylic acids is 1. The Morgan fingerprint density at radius 2 is 1.33 bits per heavy atom. The summed E-state index contributed by atoms with van der Waals surface area (Å²) < 4.78 is 94.5. The average Bonchev–Trinajstić information content (AvgIpc) is 2.02. The third-order valence-electron chi connectivity index (χ3n) is 1.34. The molecule has 0 rings (SSSR count). The van der Waals surface area contributed by atoms with E-state index >= 15 is 0 Å². The maximum absolute atomic E-state index is 12.1. The zero-order chi connectivity index (χ0) is 12.7. The Bertz CT molecular complexity index is 260. The van der Waals surface area contributed by atoms with Gasteiger partial charge in [0.1, 0.15) is 5.97 Å². The quantitative estimate of drug-likeness (QED) is 0.690. The third-order valence-corrected chi connectivity index (χ3v) is 1.34. The summed E-state index contributed by atoms with van der Waals surface area (Å²) in [6.45, 7) is 0. The minimum Gasteiger partial charge on any atom is -0.544 e. The fraction of sp³-hybridized carbons (Fsp3) is 0.800. The van der Waals surface area contributed by atoms with Gasteiger partial charge < -0.3 is 9.90 Å². The summed E-state index contributed by atoms with van der Waals surface area (Å²) in [6.07, 6.45) is -5.14. The van der Waals surface area contributed by atoms with Crippen molar-refractivity contribution in [3.05, 3.63) is 0 Å². The van der Waals surface area contributed by atoms with Crippen molar-refractivity contribution in [2.45, 2.75) is 24.2 Å². The number of carbonyl (C=O) groups is 1. The highest BCUT2D eigenvalue weighted by molar-refractivity contribution is 5.74. The molecule has 0 radical (unpaired) electrons. The van der Waals surface area contributed by atoms with E-state index in [0.29, 0.717) is 0 Å². The Hall–Kier alpha value is -1.09. The van der Waals surface area contributed by atoms with Crippen LogP contribution in [0.15, 0.2) is 0 Å². The molecule has 2 nitrogen and oxygen atoms in total. The zero-order valence-electron chi connectivity index (χ0n) is 6.42. The minimum absolute atomic E-state index is 3.87. The van der Waals surface area contributed by atoms with Crippen LogP contribution in [0.1, 0.15) is 0 Å². The maximum Gasteiger partial charge on any atom is 0.383 e. The summed E-state index contributed by atoms with van der Waals surface area (Å²) in [6, 6.07) is 0. The van der Waals surface area contributed by atoms with Crippen LogP contribution in [0.5, 0.6) is 0 Å². The van der Waals surface area contributed by atoms with Gasteiger partial charge in [0.15, 0.2) is 0 Å². The Labute approximate surface area is 76.5 Å². The standard InChI is InChI=1S/C5H2F8O2/c6-1(7)3(8,9)5(12,13)4(10,11)2(14)15/h1H,(H,14,15)/p-1. The van der Waals surface area contributed by atoms with E-state index in [2.05, 4.69) is 0 Å². The number of carboxylic acids is 1. The topological polar surface area (TPSA) is 40.1 Å². The normalized spacial score (nSPS) is 14.5. The molecule has 0 saturated carbocycles. The highest BCUT2D eigenvalue weighted by Gasteiger charge is 2.76. The first-order valence-electron chi connectivity index (χ1n) is 3.02. The van der Waals surface area contributed by atoms with E-state index in [4.69, 9.17) is 0 Å². The fourth-order valence-corrected chi connectivity index (χ4v) is 0.475. The highest BCUT2D eigenvalue weighted by atomic mass is 19.4. The second-order valence-electron chi connectivity index (χ2n) is 2.36. The summed E-state index contributed by atoms with van der Waals surface area (Å²) in [5.74, 6) is -23.5. The molecular formula is C5HF8O2-. The van der Waals surface area contributed by atoms with Crippen molar-refractivity contribution in [2.24, 2.45) is 0 Å². The number of rotatable bonds is 4. The predicted octanol–water partition coefficient (Wildman–Crippen LogP) is 0.907. The predicted molar refractivity (Wildman–Crippen MR) is 25.9 cm³/mol. The molecule has 0 heterocycles. The molecule has 0 amide bonds. The van der Waals surface area contributed by atoms with Gasteiger partial charge in [0, 0.05) is 0 Å². The van der Waals surface area contributed by atoms with Crippen LogP contribution in [0.2, 0.25) is 0 Å². The van der Waals surface area contributed by atoms with E-state index in [1.54, 1.807) is 0 Å². The summed E-state index contributed by atoms with van der Waals surface area (Å²) in [5.41, 5.74) is 0. The lowest BCUT2D eigenvalue weighted by atomic mass is 10.1. The van der Waals surface area contributed by atoms with Crippen LogP contribution in [0.25, 0.3) is 0 Å². The van der Waals surface area contributed by atoms with E-state index in [0.717, 1.165) is 0 Å². The molecule has 0 fully saturated rings. The molecule has 0 aliphatic rings. The molecule has 0 aromatic rings. The van der Waals surface area contributed by atoms with Crippen LogP contribution >= 0.6 is 0 Å². The van der Waals surface area contributed by atoms with Gasteiger partial charge in [-0.2, -0.15) is 26.3 Å².